The number of hydrogen-bond acceptors (Lipinski definition) is 3. The molecule has 0 unspecified atom stereocenters. The highest BCUT2D eigenvalue weighted by Gasteiger charge is 2.14. The average molecular weight is 444 g/mol. The van der Waals surface area contributed by atoms with E-state index in [0.29, 0.717) is 18.9 Å². The van der Waals surface area contributed by atoms with E-state index in [1.165, 1.54) is 0 Å². The van der Waals surface area contributed by atoms with Crippen molar-refractivity contribution < 1.29 is 14.3 Å². The van der Waals surface area contributed by atoms with Crippen LogP contribution in [0.25, 0.3) is 22.3 Å². The maximum atomic E-state index is 12.1. The number of halogens is 2. The van der Waals surface area contributed by atoms with E-state index in [-0.39, 0.29) is 0 Å². The minimum absolute atomic E-state index is 0.479. The zero-order valence-corrected chi connectivity index (χ0v) is 18.3. The second-order valence-electron chi connectivity index (χ2n) is 6.51. The Morgan fingerprint density at radius 3 is 1.73 bits per heavy atom. The molecule has 156 valence electrons. The van der Waals surface area contributed by atoms with Crippen molar-refractivity contribution >= 4 is 34.8 Å². The molecule has 0 saturated heterocycles. The predicted molar refractivity (Wildman–Crippen MR) is 124 cm³/mol. The Hall–Kier alpha value is -2.69. The van der Waals surface area contributed by atoms with E-state index < -0.39 is 10.7 Å². The van der Waals surface area contributed by atoms with Crippen molar-refractivity contribution in [2.75, 3.05) is 18.5 Å². The van der Waals surface area contributed by atoms with E-state index in [0.717, 1.165) is 33.8 Å². The van der Waals surface area contributed by atoms with Gasteiger partial charge in [0.15, 0.2) is 4.84 Å². The third-order valence-corrected chi connectivity index (χ3v) is 4.75. The molecular weight excluding hydrogens is 421 g/mol. The monoisotopic (exact) mass is 443 g/mol. The molecule has 0 heterocycles. The number of carbonyl (C=O) groups is 1. The molecule has 0 aliphatic rings. The fourth-order valence-electron chi connectivity index (χ4n) is 3.09. The normalized spacial score (nSPS) is 10.7. The Morgan fingerprint density at radius 2 is 1.30 bits per heavy atom. The lowest BCUT2D eigenvalue weighted by atomic mass is 9.97. The molecule has 0 radical (unpaired) electrons. The quantitative estimate of drug-likeness (QED) is 0.400. The Kier molecular flexibility index (Phi) is 7.61. The summed E-state index contributed by atoms with van der Waals surface area (Å²) in [5.74, 6) is 1.09. The van der Waals surface area contributed by atoms with Crippen LogP contribution in [0.15, 0.2) is 66.7 Å². The molecule has 0 aliphatic carbocycles. The van der Waals surface area contributed by atoms with Crippen LogP contribution >= 0.6 is 23.2 Å². The smallest absolute Gasteiger partial charge is 0.257 e. The van der Waals surface area contributed by atoms with Gasteiger partial charge in [0.2, 0.25) is 0 Å². The van der Waals surface area contributed by atoms with Gasteiger partial charge in [-0.25, -0.2) is 0 Å². The lowest BCUT2D eigenvalue weighted by Crippen LogP contribution is -2.18. The molecule has 0 aromatic heterocycles. The highest BCUT2D eigenvalue weighted by atomic mass is 35.5. The molecule has 3 aromatic rings. The molecule has 30 heavy (non-hydrogen) atoms. The highest BCUT2D eigenvalue weighted by Crippen LogP contribution is 2.33. The summed E-state index contributed by atoms with van der Waals surface area (Å²) in [6.07, 6.45) is 0. The number of benzene rings is 3. The first kappa shape index (κ1) is 22.0. The second-order valence-corrected chi connectivity index (χ2v) is 7.61. The van der Waals surface area contributed by atoms with Crippen LogP contribution < -0.4 is 14.8 Å². The molecule has 0 fully saturated rings. The summed E-state index contributed by atoms with van der Waals surface area (Å²) in [6, 6.07) is 21.5. The van der Waals surface area contributed by atoms with Gasteiger partial charge < -0.3 is 14.8 Å². The Bertz CT molecular complexity index is 953. The van der Waals surface area contributed by atoms with Crippen LogP contribution in [-0.4, -0.2) is 24.0 Å². The zero-order chi connectivity index (χ0) is 21.5. The molecule has 1 amide bonds. The maximum Gasteiger partial charge on any atom is 0.257 e. The van der Waals surface area contributed by atoms with Gasteiger partial charge in [0, 0.05) is 5.69 Å². The van der Waals surface area contributed by atoms with Crippen LogP contribution in [-0.2, 0) is 4.79 Å². The number of anilines is 1. The lowest BCUT2D eigenvalue weighted by molar-refractivity contribution is -0.114. The first-order chi connectivity index (χ1) is 14.5. The van der Waals surface area contributed by atoms with Gasteiger partial charge in [0.1, 0.15) is 11.5 Å². The molecule has 6 heteroatoms. The van der Waals surface area contributed by atoms with Gasteiger partial charge >= 0.3 is 0 Å². The van der Waals surface area contributed by atoms with Gasteiger partial charge in [-0.05, 0) is 78.6 Å². The minimum atomic E-state index is -1.15. The fourth-order valence-corrected chi connectivity index (χ4v) is 3.20. The van der Waals surface area contributed by atoms with Gasteiger partial charge in [-0.2, -0.15) is 0 Å². The third kappa shape index (κ3) is 5.68. The van der Waals surface area contributed by atoms with Crippen molar-refractivity contribution in [2.45, 2.75) is 18.7 Å². The van der Waals surface area contributed by atoms with Gasteiger partial charge in [-0.15, -0.1) is 0 Å². The van der Waals surface area contributed by atoms with Crippen molar-refractivity contribution in [3.05, 3.63) is 66.7 Å². The summed E-state index contributed by atoms with van der Waals surface area (Å²) in [6.45, 7) is 5.06. The lowest BCUT2D eigenvalue weighted by Gasteiger charge is -2.14. The third-order valence-electron chi connectivity index (χ3n) is 4.36. The van der Waals surface area contributed by atoms with E-state index in [4.69, 9.17) is 32.7 Å². The molecule has 0 saturated carbocycles. The standard InChI is InChI=1S/C24H23Cl2NO3/c1-3-29-21-9-5-7-16(14-21)18-11-19(13-20(12-18)27-24(28)23(25)26)17-8-6-10-22(15-17)30-4-2/h5-15,23H,3-4H2,1-2H3,(H,27,28). The largest absolute Gasteiger partial charge is 0.494 e. The van der Waals surface area contributed by atoms with Crippen LogP contribution in [0.3, 0.4) is 0 Å². The van der Waals surface area contributed by atoms with E-state index in [1.807, 2.05) is 74.5 Å². The first-order valence-electron chi connectivity index (χ1n) is 9.70. The van der Waals surface area contributed by atoms with Crippen molar-refractivity contribution in [2.24, 2.45) is 0 Å². The Morgan fingerprint density at radius 1 is 0.800 bits per heavy atom. The summed E-state index contributed by atoms with van der Waals surface area (Å²) >= 11 is 11.4. The fraction of sp³-hybridized carbons (Fsp3) is 0.208. The summed E-state index contributed by atoms with van der Waals surface area (Å²) < 4.78 is 11.3. The topological polar surface area (TPSA) is 47.6 Å². The van der Waals surface area contributed by atoms with Crippen LogP contribution in [0.1, 0.15) is 13.8 Å². The van der Waals surface area contributed by atoms with Crippen molar-refractivity contribution in [3.8, 4) is 33.8 Å². The summed E-state index contributed by atoms with van der Waals surface area (Å²) in [7, 11) is 0. The van der Waals surface area contributed by atoms with Gasteiger partial charge in [0.05, 0.1) is 13.2 Å². The molecule has 1 N–H and O–H groups in total. The van der Waals surface area contributed by atoms with Crippen LogP contribution in [0.4, 0.5) is 5.69 Å². The van der Waals surface area contributed by atoms with Crippen LogP contribution in [0, 0.1) is 0 Å². The summed E-state index contributed by atoms with van der Waals surface area (Å²) in [4.78, 5) is 10.9. The van der Waals surface area contributed by atoms with Crippen molar-refractivity contribution in [3.63, 3.8) is 0 Å². The zero-order valence-electron chi connectivity index (χ0n) is 16.8. The van der Waals surface area contributed by atoms with Gasteiger partial charge in [0.25, 0.3) is 5.91 Å². The average Bonchev–Trinajstić information content (AvgIpc) is 2.74. The number of hydrogen-bond donors (Lipinski definition) is 1. The molecule has 0 atom stereocenters. The molecule has 0 aliphatic heterocycles. The number of amides is 1. The molecular formula is C24H23Cl2NO3. The molecule has 3 rings (SSSR count). The minimum Gasteiger partial charge on any atom is -0.494 e. The number of alkyl halides is 2. The number of rotatable bonds is 8. The Labute approximate surface area is 186 Å². The molecule has 3 aromatic carbocycles. The van der Waals surface area contributed by atoms with E-state index >= 15 is 0 Å². The van der Waals surface area contributed by atoms with E-state index in [1.54, 1.807) is 0 Å². The number of nitrogens with one attached hydrogen (secondary N) is 1. The van der Waals surface area contributed by atoms with Gasteiger partial charge in [-0.3, -0.25) is 4.79 Å². The number of carbonyl (C=O) groups excluding carboxylic acids is 1. The summed E-state index contributed by atoms with van der Waals surface area (Å²) in [5.41, 5.74) is 4.38. The Balaban J connectivity index is 2.08. The summed E-state index contributed by atoms with van der Waals surface area (Å²) in [5, 5.41) is 2.78. The molecule has 0 spiro atoms. The van der Waals surface area contributed by atoms with Crippen LogP contribution in [0.5, 0.6) is 11.5 Å². The number of ether oxygens (including phenoxy) is 2. The van der Waals surface area contributed by atoms with Crippen LogP contribution in [0.2, 0.25) is 0 Å². The van der Waals surface area contributed by atoms with E-state index in [2.05, 4.69) is 11.4 Å². The van der Waals surface area contributed by atoms with Crippen molar-refractivity contribution in [1.29, 1.82) is 0 Å². The maximum absolute atomic E-state index is 12.1. The predicted octanol–water partition coefficient (Wildman–Crippen LogP) is 6.56. The SMILES string of the molecule is CCOc1cccc(-c2cc(NC(=O)C(Cl)Cl)cc(-c3cccc(OCC)c3)c2)c1. The van der Waals surface area contributed by atoms with Crippen molar-refractivity contribution in [1.82, 2.24) is 0 Å². The molecule has 0 bridgehead atoms. The van der Waals surface area contributed by atoms with Gasteiger partial charge in [-0.1, -0.05) is 47.5 Å². The highest BCUT2D eigenvalue weighted by molar-refractivity contribution is 6.54. The molecule has 4 nitrogen and oxygen atoms in total. The first-order valence-corrected chi connectivity index (χ1v) is 10.6. The second kappa shape index (κ2) is 10.4. The van der Waals surface area contributed by atoms with E-state index in [9.17, 15) is 4.79 Å².